The molecule has 2 rings (SSSR count). The van der Waals surface area contributed by atoms with E-state index in [1.54, 1.807) is 12.4 Å². The van der Waals surface area contributed by atoms with Crippen LogP contribution >= 0.6 is 0 Å². The first-order chi connectivity index (χ1) is 7.27. The topological polar surface area (TPSA) is 38.9 Å². The number of benzene rings is 1. The largest absolute Gasteiger partial charge is 0.324 e. The van der Waals surface area contributed by atoms with Crippen molar-refractivity contribution in [3.63, 3.8) is 0 Å². The Bertz CT molecular complexity index is 418. The summed E-state index contributed by atoms with van der Waals surface area (Å²) in [6.45, 7) is 1.99. The third-order valence-corrected chi connectivity index (χ3v) is 2.45. The van der Waals surface area contributed by atoms with E-state index in [0.717, 1.165) is 5.56 Å². The highest BCUT2D eigenvalue weighted by Crippen LogP contribution is 2.20. The molecule has 2 aromatic rings. The summed E-state index contributed by atoms with van der Waals surface area (Å²) in [5.74, 6) is 0. The summed E-state index contributed by atoms with van der Waals surface area (Å²) >= 11 is 0. The summed E-state index contributed by atoms with van der Waals surface area (Å²) in [4.78, 5) is 4.00. The first-order valence-corrected chi connectivity index (χ1v) is 5.03. The van der Waals surface area contributed by atoms with Gasteiger partial charge < -0.3 is 5.73 Å². The van der Waals surface area contributed by atoms with Gasteiger partial charge in [-0.3, -0.25) is 4.98 Å². The van der Waals surface area contributed by atoms with E-state index >= 15 is 0 Å². The lowest BCUT2D eigenvalue weighted by Crippen LogP contribution is -2.04. The molecule has 2 heteroatoms. The van der Waals surface area contributed by atoms with Gasteiger partial charge in [-0.1, -0.05) is 24.3 Å². The monoisotopic (exact) mass is 198 g/mol. The molecule has 1 heterocycles. The van der Waals surface area contributed by atoms with Gasteiger partial charge in [0.05, 0.1) is 0 Å². The molecule has 0 aliphatic carbocycles. The molecule has 1 aromatic heterocycles. The summed E-state index contributed by atoms with van der Waals surface area (Å²) < 4.78 is 0. The molecule has 2 nitrogen and oxygen atoms in total. The molecular formula is C13H14N2. The van der Waals surface area contributed by atoms with Gasteiger partial charge in [-0.2, -0.15) is 0 Å². The highest BCUT2D eigenvalue weighted by Gasteiger charge is 2.00. The van der Waals surface area contributed by atoms with Gasteiger partial charge in [0.2, 0.25) is 0 Å². The van der Waals surface area contributed by atoms with Crippen LogP contribution < -0.4 is 5.73 Å². The highest BCUT2D eigenvalue weighted by molar-refractivity contribution is 5.62. The Morgan fingerprint density at radius 3 is 2.00 bits per heavy atom. The van der Waals surface area contributed by atoms with Gasteiger partial charge in [0.15, 0.2) is 0 Å². The Labute approximate surface area is 89.8 Å². The molecule has 0 saturated carbocycles. The van der Waals surface area contributed by atoms with Crippen molar-refractivity contribution in [1.29, 1.82) is 0 Å². The van der Waals surface area contributed by atoms with Crippen molar-refractivity contribution in [3.8, 4) is 11.1 Å². The predicted octanol–water partition coefficient (Wildman–Crippen LogP) is 2.77. The van der Waals surface area contributed by atoms with Gasteiger partial charge in [-0.15, -0.1) is 0 Å². The third kappa shape index (κ3) is 2.22. The second-order valence-corrected chi connectivity index (χ2v) is 3.65. The fraction of sp³-hybridized carbons (Fsp3) is 0.154. The number of nitrogens with two attached hydrogens (primary N) is 1. The van der Waals surface area contributed by atoms with E-state index in [0.29, 0.717) is 0 Å². The fourth-order valence-electron chi connectivity index (χ4n) is 1.52. The maximum atomic E-state index is 5.79. The minimum Gasteiger partial charge on any atom is -0.324 e. The quantitative estimate of drug-likeness (QED) is 0.805. The smallest absolute Gasteiger partial charge is 0.0273 e. The molecule has 1 aromatic carbocycles. The van der Waals surface area contributed by atoms with Crippen molar-refractivity contribution in [2.24, 2.45) is 5.73 Å². The van der Waals surface area contributed by atoms with Crippen LogP contribution in [0, 0.1) is 0 Å². The van der Waals surface area contributed by atoms with Gasteiger partial charge in [-0.05, 0) is 35.7 Å². The number of pyridine rings is 1. The van der Waals surface area contributed by atoms with Crippen LogP contribution in [-0.2, 0) is 0 Å². The van der Waals surface area contributed by atoms with Crippen LogP contribution in [0.4, 0.5) is 0 Å². The van der Waals surface area contributed by atoms with E-state index in [1.165, 1.54) is 11.1 Å². The van der Waals surface area contributed by atoms with E-state index in [4.69, 9.17) is 5.73 Å². The average molecular weight is 198 g/mol. The Morgan fingerprint density at radius 1 is 0.933 bits per heavy atom. The molecule has 0 radical (unpaired) electrons. The molecule has 0 aliphatic rings. The lowest BCUT2D eigenvalue weighted by atomic mass is 10.0. The molecule has 2 N–H and O–H groups in total. The first-order valence-electron chi connectivity index (χ1n) is 5.03. The maximum absolute atomic E-state index is 5.79. The lowest BCUT2D eigenvalue weighted by Gasteiger charge is -2.06. The van der Waals surface area contributed by atoms with E-state index < -0.39 is 0 Å². The number of hydrogen-bond donors (Lipinski definition) is 1. The molecule has 0 saturated heterocycles. The molecular weight excluding hydrogens is 184 g/mol. The van der Waals surface area contributed by atoms with Crippen molar-refractivity contribution in [3.05, 3.63) is 54.4 Å². The van der Waals surface area contributed by atoms with E-state index in [2.05, 4.69) is 29.2 Å². The predicted molar refractivity (Wildman–Crippen MR) is 62.3 cm³/mol. The summed E-state index contributed by atoms with van der Waals surface area (Å²) in [6, 6.07) is 12.4. The zero-order valence-electron chi connectivity index (χ0n) is 8.72. The van der Waals surface area contributed by atoms with E-state index in [1.807, 2.05) is 19.1 Å². The van der Waals surface area contributed by atoms with Crippen LogP contribution in [0.15, 0.2) is 48.8 Å². The normalized spacial score (nSPS) is 12.4. The number of nitrogens with zero attached hydrogens (tertiary/aromatic N) is 1. The second-order valence-electron chi connectivity index (χ2n) is 3.65. The molecule has 0 spiro atoms. The Hall–Kier alpha value is -1.67. The van der Waals surface area contributed by atoms with Crippen LogP contribution in [0.5, 0.6) is 0 Å². The molecule has 0 amide bonds. The van der Waals surface area contributed by atoms with Gasteiger partial charge in [0.25, 0.3) is 0 Å². The zero-order chi connectivity index (χ0) is 10.7. The van der Waals surface area contributed by atoms with Gasteiger partial charge in [0.1, 0.15) is 0 Å². The molecule has 76 valence electrons. The molecule has 0 fully saturated rings. The Kier molecular flexibility index (Phi) is 2.79. The van der Waals surface area contributed by atoms with E-state index in [9.17, 15) is 0 Å². The van der Waals surface area contributed by atoms with Crippen molar-refractivity contribution >= 4 is 0 Å². The average Bonchev–Trinajstić information content (AvgIpc) is 2.30. The zero-order valence-corrected chi connectivity index (χ0v) is 8.72. The van der Waals surface area contributed by atoms with Crippen LogP contribution in [0.25, 0.3) is 11.1 Å². The summed E-state index contributed by atoms with van der Waals surface area (Å²) in [5.41, 5.74) is 9.33. The van der Waals surface area contributed by atoms with Crippen molar-refractivity contribution < 1.29 is 0 Å². The van der Waals surface area contributed by atoms with Crippen molar-refractivity contribution in [1.82, 2.24) is 4.98 Å². The standard InChI is InChI=1S/C13H14N2/c1-10(14)11-2-4-12(5-3-11)13-6-8-15-9-7-13/h2-10H,14H2,1H3. The number of hydrogen-bond acceptors (Lipinski definition) is 2. The molecule has 15 heavy (non-hydrogen) atoms. The minimum atomic E-state index is 0.0940. The summed E-state index contributed by atoms with van der Waals surface area (Å²) in [7, 11) is 0. The van der Waals surface area contributed by atoms with Gasteiger partial charge in [0, 0.05) is 18.4 Å². The maximum Gasteiger partial charge on any atom is 0.0273 e. The second kappa shape index (κ2) is 4.24. The minimum absolute atomic E-state index is 0.0940. The highest BCUT2D eigenvalue weighted by atomic mass is 14.6. The molecule has 0 aliphatic heterocycles. The summed E-state index contributed by atoms with van der Waals surface area (Å²) in [5, 5.41) is 0. The molecule has 0 bridgehead atoms. The lowest BCUT2D eigenvalue weighted by molar-refractivity contribution is 0.818. The SMILES string of the molecule is CC(N)c1ccc(-c2ccncc2)cc1. The summed E-state index contributed by atoms with van der Waals surface area (Å²) in [6.07, 6.45) is 3.60. The van der Waals surface area contributed by atoms with Crippen LogP contribution in [0.3, 0.4) is 0 Å². The molecule has 1 atom stereocenters. The molecule has 1 unspecified atom stereocenters. The number of aromatic nitrogens is 1. The Balaban J connectivity index is 2.32. The first kappa shape index (κ1) is 9.87. The van der Waals surface area contributed by atoms with Crippen molar-refractivity contribution in [2.45, 2.75) is 13.0 Å². The third-order valence-electron chi connectivity index (χ3n) is 2.45. The fourth-order valence-corrected chi connectivity index (χ4v) is 1.52. The van der Waals surface area contributed by atoms with Crippen LogP contribution in [0.2, 0.25) is 0 Å². The van der Waals surface area contributed by atoms with Crippen molar-refractivity contribution in [2.75, 3.05) is 0 Å². The van der Waals surface area contributed by atoms with Crippen LogP contribution in [0.1, 0.15) is 18.5 Å². The van der Waals surface area contributed by atoms with Crippen LogP contribution in [-0.4, -0.2) is 4.98 Å². The Morgan fingerprint density at radius 2 is 1.47 bits per heavy atom. The number of rotatable bonds is 2. The van der Waals surface area contributed by atoms with E-state index in [-0.39, 0.29) is 6.04 Å². The van der Waals surface area contributed by atoms with Gasteiger partial charge in [-0.25, -0.2) is 0 Å². The van der Waals surface area contributed by atoms with Gasteiger partial charge >= 0.3 is 0 Å².